The van der Waals surface area contributed by atoms with Crippen LogP contribution in [0.1, 0.15) is 0 Å². The molecule has 5 heterocycles. The summed E-state index contributed by atoms with van der Waals surface area (Å²) in [6, 6.07) is 17.0. The van der Waals surface area contributed by atoms with Gasteiger partial charge in [-0.05, 0) is 53.9 Å². The van der Waals surface area contributed by atoms with E-state index in [1.807, 2.05) is 82.9 Å². The first-order chi connectivity index (χ1) is 14.3. The third kappa shape index (κ3) is 3.65. The summed E-state index contributed by atoms with van der Waals surface area (Å²) in [5, 5.41) is 3.23. The van der Waals surface area contributed by atoms with E-state index in [2.05, 4.69) is 33.3 Å². The van der Waals surface area contributed by atoms with E-state index in [0.29, 0.717) is 0 Å². The first kappa shape index (κ1) is 20.0. The Bertz CT molecular complexity index is 1250. The van der Waals surface area contributed by atoms with Crippen LogP contribution in [0.25, 0.3) is 27.5 Å². The largest absolute Gasteiger partial charge is 3.00 e. The molecule has 5 aromatic rings. The molecular formula is C23H17IrN6. The quantitative estimate of drug-likeness (QED) is 0.225. The minimum absolute atomic E-state index is 0. The molecular weight excluding hydrogens is 553 g/mol. The van der Waals surface area contributed by atoms with Crippen LogP contribution in [0.2, 0.25) is 0 Å². The Kier molecular flexibility index (Phi) is 5.74. The van der Waals surface area contributed by atoms with Gasteiger partial charge in [0.1, 0.15) is 0 Å². The fraction of sp³-hybridized carbons (Fsp3) is 0.0435. The fourth-order valence-electron chi connectivity index (χ4n) is 3.35. The first-order valence-electron chi connectivity index (χ1n) is 9.17. The van der Waals surface area contributed by atoms with Crippen LogP contribution in [0.5, 0.6) is 0 Å². The van der Waals surface area contributed by atoms with Crippen molar-refractivity contribution in [2.45, 2.75) is 0 Å². The predicted octanol–water partition coefficient (Wildman–Crippen LogP) is 4.06. The standard InChI is InChI=1S/C13H7N4.C10H10N2.Ir/c1-2-10-9-3-5-14-8-11(9)13-16-6-7-17(13)12(10)15-4-1;1-11-7-8-12(9-11)10-5-3-2-4-6-10;/h1-6,8H;2-5,7-9H,1H3;/q-1;-2;+3. The molecule has 148 valence electrons. The van der Waals surface area contributed by atoms with Crippen molar-refractivity contribution in [1.82, 2.24) is 24.3 Å². The molecule has 0 amide bonds. The van der Waals surface area contributed by atoms with Crippen LogP contribution < -0.4 is 4.90 Å². The minimum Gasteiger partial charge on any atom is -0.510 e. The first-order valence-corrected chi connectivity index (χ1v) is 9.17. The molecule has 1 aromatic carbocycles. The number of fused-ring (bicyclic) bond motifs is 6. The van der Waals surface area contributed by atoms with Gasteiger partial charge in [-0.1, -0.05) is 12.3 Å². The van der Waals surface area contributed by atoms with E-state index >= 15 is 0 Å². The van der Waals surface area contributed by atoms with E-state index < -0.39 is 0 Å². The molecule has 4 aromatic heterocycles. The Labute approximate surface area is 187 Å². The normalized spacial score (nSPS) is 12.8. The van der Waals surface area contributed by atoms with Crippen LogP contribution in [-0.2, 0) is 20.1 Å². The van der Waals surface area contributed by atoms with Crippen molar-refractivity contribution < 1.29 is 20.1 Å². The molecule has 0 radical (unpaired) electrons. The average Bonchev–Trinajstić information content (AvgIpc) is 3.45. The molecule has 0 spiro atoms. The van der Waals surface area contributed by atoms with E-state index in [9.17, 15) is 0 Å². The number of hydrogen-bond donors (Lipinski definition) is 0. The van der Waals surface area contributed by atoms with Crippen LogP contribution in [0.15, 0.2) is 79.7 Å². The summed E-state index contributed by atoms with van der Waals surface area (Å²) in [7, 11) is 2.00. The van der Waals surface area contributed by atoms with Gasteiger partial charge >= 0.3 is 20.1 Å². The molecule has 0 saturated carbocycles. The van der Waals surface area contributed by atoms with Crippen molar-refractivity contribution in [3.8, 4) is 0 Å². The molecule has 0 saturated heterocycles. The molecule has 1 aliphatic heterocycles. The van der Waals surface area contributed by atoms with Crippen molar-refractivity contribution in [2.75, 3.05) is 11.9 Å². The number of nitrogens with zero attached hydrogens (tertiary/aromatic N) is 6. The number of rotatable bonds is 1. The summed E-state index contributed by atoms with van der Waals surface area (Å²) < 4.78 is 1.87. The molecule has 7 heteroatoms. The summed E-state index contributed by atoms with van der Waals surface area (Å²) in [5.41, 5.74) is 2.79. The monoisotopic (exact) mass is 570 g/mol. The number of hydrogen-bond acceptors (Lipinski definition) is 5. The summed E-state index contributed by atoms with van der Waals surface area (Å²) in [6.07, 6.45) is 14.1. The maximum atomic E-state index is 4.40. The van der Waals surface area contributed by atoms with Crippen molar-refractivity contribution in [3.63, 3.8) is 0 Å². The summed E-state index contributed by atoms with van der Waals surface area (Å²) in [4.78, 5) is 16.9. The maximum absolute atomic E-state index is 4.40. The number of pyridine rings is 3. The van der Waals surface area contributed by atoms with Gasteiger partial charge < -0.3 is 24.2 Å². The van der Waals surface area contributed by atoms with Gasteiger partial charge in [0.25, 0.3) is 0 Å². The Hall–Kier alpha value is -3.28. The Morgan fingerprint density at radius 1 is 0.900 bits per heavy atom. The van der Waals surface area contributed by atoms with E-state index in [0.717, 1.165) is 33.1 Å². The molecule has 0 unspecified atom stereocenters. The summed E-state index contributed by atoms with van der Waals surface area (Å²) in [6.45, 7) is 2.01. The van der Waals surface area contributed by atoms with Crippen molar-refractivity contribution in [1.29, 1.82) is 0 Å². The second kappa shape index (κ2) is 8.61. The molecule has 0 N–H and O–H groups in total. The molecule has 1 aliphatic rings. The molecule has 6 nitrogen and oxygen atoms in total. The van der Waals surface area contributed by atoms with Crippen LogP contribution >= 0.6 is 0 Å². The smallest absolute Gasteiger partial charge is 0.510 e. The van der Waals surface area contributed by atoms with Crippen molar-refractivity contribution in [2.24, 2.45) is 0 Å². The van der Waals surface area contributed by atoms with Gasteiger partial charge in [0, 0.05) is 29.9 Å². The van der Waals surface area contributed by atoms with E-state index in [4.69, 9.17) is 0 Å². The van der Waals surface area contributed by atoms with Gasteiger partial charge in [0.15, 0.2) is 0 Å². The second-order valence-corrected chi connectivity index (χ2v) is 6.58. The van der Waals surface area contributed by atoms with Gasteiger partial charge in [0.2, 0.25) is 0 Å². The summed E-state index contributed by atoms with van der Waals surface area (Å²) in [5.74, 6) is 0. The van der Waals surface area contributed by atoms with Crippen LogP contribution in [0.3, 0.4) is 0 Å². The van der Waals surface area contributed by atoms with Gasteiger partial charge in [-0.2, -0.15) is 37.0 Å². The molecule has 0 fully saturated rings. The Morgan fingerprint density at radius 2 is 1.80 bits per heavy atom. The third-order valence-corrected chi connectivity index (χ3v) is 4.68. The molecule has 0 aliphatic carbocycles. The van der Waals surface area contributed by atoms with Crippen molar-refractivity contribution >= 4 is 33.1 Å². The minimum atomic E-state index is 0. The second-order valence-electron chi connectivity index (χ2n) is 6.58. The maximum Gasteiger partial charge on any atom is 3.00 e. The molecule has 6 rings (SSSR count). The average molecular weight is 570 g/mol. The van der Waals surface area contributed by atoms with Crippen LogP contribution in [0.4, 0.5) is 5.69 Å². The zero-order chi connectivity index (χ0) is 19.6. The number of aromatic nitrogens is 4. The molecule has 0 bridgehead atoms. The van der Waals surface area contributed by atoms with Crippen molar-refractivity contribution in [3.05, 3.63) is 98.6 Å². The number of para-hydroxylation sites is 1. The van der Waals surface area contributed by atoms with E-state index in [1.165, 1.54) is 0 Å². The molecule has 0 atom stereocenters. The Balaban J connectivity index is 0.000000149. The predicted molar refractivity (Wildman–Crippen MR) is 114 cm³/mol. The van der Waals surface area contributed by atoms with E-state index in [1.54, 1.807) is 18.6 Å². The topological polar surface area (TPSA) is 49.6 Å². The van der Waals surface area contributed by atoms with Gasteiger partial charge in [-0.3, -0.25) is 4.98 Å². The third-order valence-electron chi connectivity index (χ3n) is 4.68. The van der Waals surface area contributed by atoms with Gasteiger partial charge in [-0.25, -0.2) is 0 Å². The SMILES string of the molecule is CN1C=CN(c2[c-]cccc2)[CH-]1.[Ir+3].[c-]1cnc2c3cnccc3c3cccnc3n12. The zero-order valence-corrected chi connectivity index (χ0v) is 18.5. The molecule has 30 heavy (non-hydrogen) atoms. The number of benzene rings is 1. The zero-order valence-electron chi connectivity index (χ0n) is 16.1. The van der Waals surface area contributed by atoms with Crippen LogP contribution in [-0.4, -0.2) is 31.3 Å². The summed E-state index contributed by atoms with van der Waals surface area (Å²) >= 11 is 0. The van der Waals surface area contributed by atoms with E-state index in [-0.39, 0.29) is 20.1 Å². The van der Waals surface area contributed by atoms with Gasteiger partial charge in [-0.15, -0.1) is 5.69 Å². The Morgan fingerprint density at radius 3 is 2.60 bits per heavy atom. The number of imidazole rings is 1. The van der Waals surface area contributed by atoms with Gasteiger partial charge in [0.05, 0.1) is 0 Å². The number of anilines is 1. The fourth-order valence-corrected chi connectivity index (χ4v) is 3.35. The van der Waals surface area contributed by atoms with Crippen LogP contribution in [0, 0.1) is 18.9 Å².